The molecular weight excluding hydrogens is 222 g/mol. The van der Waals surface area contributed by atoms with Crippen molar-refractivity contribution in [2.24, 2.45) is 5.92 Å². The summed E-state index contributed by atoms with van der Waals surface area (Å²) in [5, 5.41) is 3.67. The van der Waals surface area contributed by atoms with Gasteiger partial charge in [0.15, 0.2) is 0 Å². The molecule has 1 atom stereocenters. The van der Waals surface area contributed by atoms with E-state index in [2.05, 4.69) is 24.0 Å². The Morgan fingerprint density at radius 3 is 2.67 bits per heavy atom. The van der Waals surface area contributed by atoms with E-state index in [0.717, 1.165) is 17.0 Å². The minimum absolute atomic E-state index is 0.408. The molecule has 0 amide bonds. The van der Waals surface area contributed by atoms with Crippen LogP contribution in [0.15, 0.2) is 11.8 Å². The number of rotatable bonds is 3. The Morgan fingerprint density at radius 2 is 2.00 bits per heavy atom. The standard InChI is InChI=1S/C12H19NS2/c14-12(15)10-7-4-8-11(10)13-9-5-2-1-3-6-9/h8-10,13H,1-7H2,(H,14,15). The fraction of sp³-hybridized carbons (Fsp3) is 0.750. The maximum atomic E-state index is 5.18. The first-order valence-electron chi connectivity index (χ1n) is 5.97. The van der Waals surface area contributed by atoms with Crippen molar-refractivity contribution in [3.63, 3.8) is 0 Å². The van der Waals surface area contributed by atoms with Crippen molar-refractivity contribution in [1.29, 1.82) is 0 Å². The Morgan fingerprint density at radius 1 is 1.27 bits per heavy atom. The van der Waals surface area contributed by atoms with E-state index >= 15 is 0 Å². The predicted octanol–water partition coefficient (Wildman–Crippen LogP) is 3.46. The molecule has 2 aliphatic carbocycles. The Hall–Kier alpha value is -0.0200. The van der Waals surface area contributed by atoms with Crippen LogP contribution in [0.5, 0.6) is 0 Å². The summed E-state index contributed by atoms with van der Waals surface area (Å²) in [4.78, 5) is 0. The van der Waals surface area contributed by atoms with Crippen LogP contribution < -0.4 is 5.32 Å². The zero-order valence-electron chi connectivity index (χ0n) is 9.04. The van der Waals surface area contributed by atoms with Gasteiger partial charge in [0.2, 0.25) is 0 Å². The number of nitrogens with one attached hydrogen (secondary N) is 1. The molecule has 1 nitrogen and oxygen atoms in total. The molecule has 15 heavy (non-hydrogen) atoms. The molecule has 1 saturated carbocycles. The summed E-state index contributed by atoms with van der Waals surface area (Å²) in [6.07, 6.45) is 11.4. The summed E-state index contributed by atoms with van der Waals surface area (Å²) in [6.45, 7) is 0. The van der Waals surface area contributed by atoms with Crippen LogP contribution in [-0.2, 0) is 0 Å². The van der Waals surface area contributed by atoms with Gasteiger partial charge in [0, 0.05) is 17.7 Å². The number of hydrogen-bond acceptors (Lipinski definition) is 2. The smallest absolute Gasteiger partial charge is 0.0537 e. The maximum Gasteiger partial charge on any atom is 0.0537 e. The summed E-state index contributed by atoms with van der Waals surface area (Å²) in [7, 11) is 0. The lowest BCUT2D eigenvalue weighted by Crippen LogP contribution is -2.33. The molecule has 0 bridgehead atoms. The maximum absolute atomic E-state index is 5.18. The van der Waals surface area contributed by atoms with Gasteiger partial charge < -0.3 is 5.32 Å². The lowest BCUT2D eigenvalue weighted by Gasteiger charge is -2.26. The second-order valence-corrected chi connectivity index (χ2v) is 5.83. The first-order chi connectivity index (χ1) is 7.27. The SMILES string of the molecule is S=C(S)C1CCC=C1NC1CCCCC1. The predicted molar refractivity (Wildman–Crippen MR) is 72.4 cm³/mol. The van der Waals surface area contributed by atoms with Gasteiger partial charge in [0.1, 0.15) is 0 Å². The molecule has 2 rings (SSSR count). The van der Waals surface area contributed by atoms with Gasteiger partial charge >= 0.3 is 0 Å². The van der Waals surface area contributed by atoms with E-state index in [1.807, 2.05) is 0 Å². The third-order valence-electron chi connectivity index (χ3n) is 3.47. The first kappa shape index (κ1) is 11.5. The number of thiol groups is 1. The van der Waals surface area contributed by atoms with Crippen LogP contribution in [-0.4, -0.2) is 10.2 Å². The quantitative estimate of drug-likeness (QED) is 0.580. The van der Waals surface area contributed by atoms with E-state index < -0.39 is 0 Å². The van der Waals surface area contributed by atoms with Crippen molar-refractivity contribution in [2.75, 3.05) is 0 Å². The van der Waals surface area contributed by atoms with Crippen LogP contribution in [0.25, 0.3) is 0 Å². The first-order valence-corrected chi connectivity index (χ1v) is 6.82. The zero-order valence-corrected chi connectivity index (χ0v) is 10.7. The minimum atomic E-state index is 0.408. The molecule has 2 aliphatic rings. The molecule has 0 aromatic carbocycles. The van der Waals surface area contributed by atoms with Gasteiger partial charge in [-0.15, -0.1) is 12.6 Å². The van der Waals surface area contributed by atoms with E-state index in [-0.39, 0.29) is 0 Å². The average molecular weight is 241 g/mol. The average Bonchev–Trinajstić information content (AvgIpc) is 2.67. The summed E-state index contributed by atoms with van der Waals surface area (Å²) in [5.41, 5.74) is 1.35. The highest BCUT2D eigenvalue weighted by Gasteiger charge is 2.24. The van der Waals surface area contributed by atoms with Gasteiger partial charge in [-0.05, 0) is 25.7 Å². The van der Waals surface area contributed by atoms with E-state index in [4.69, 9.17) is 12.2 Å². The lowest BCUT2D eigenvalue weighted by atomic mass is 9.94. The van der Waals surface area contributed by atoms with Gasteiger partial charge in [-0.25, -0.2) is 0 Å². The number of hydrogen-bond donors (Lipinski definition) is 2. The minimum Gasteiger partial charge on any atom is -0.385 e. The van der Waals surface area contributed by atoms with Crippen LogP contribution in [0.2, 0.25) is 0 Å². The third kappa shape index (κ3) is 2.97. The van der Waals surface area contributed by atoms with Gasteiger partial charge in [-0.1, -0.05) is 37.6 Å². The Balaban J connectivity index is 1.90. The summed E-state index contributed by atoms with van der Waals surface area (Å²) >= 11 is 9.50. The molecule has 0 aromatic rings. The fourth-order valence-electron chi connectivity index (χ4n) is 2.60. The van der Waals surface area contributed by atoms with Crippen LogP contribution >= 0.6 is 24.8 Å². The van der Waals surface area contributed by atoms with Crippen molar-refractivity contribution < 1.29 is 0 Å². The lowest BCUT2D eigenvalue weighted by molar-refractivity contribution is 0.390. The molecule has 3 heteroatoms. The molecule has 1 N–H and O–H groups in total. The molecule has 0 aliphatic heterocycles. The highest BCUT2D eigenvalue weighted by Crippen LogP contribution is 2.29. The Labute approximate surface area is 103 Å². The van der Waals surface area contributed by atoms with Crippen LogP contribution in [0.1, 0.15) is 44.9 Å². The van der Waals surface area contributed by atoms with E-state index in [1.165, 1.54) is 37.8 Å². The Bertz CT molecular complexity index is 267. The van der Waals surface area contributed by atoms with Crippen molar-refractivity contribution in [3.05, 3.63) is 11.8 Å². The topological polar surface area (TPSA) is 12.0 Å². The largest absolute Gasteiger partial charge is 0.385 e. The van der Waals surface area contributed by atoms with Gasteiger partial charge in [-0.3, -0.25) is 0 Å². The third-order valence-corrected chi connectivity index (χ3v) is 4.07. The molecule has 0 aromatic heterocycles. The molecule has 0 heterocycles. The molecular formula is C12H19NS2. The van der Waals surface area contributed by atoms with Crippen LogP contribution in [0, 0.1) is 5.92 Å². The molecule has 1 fully saturated rings. The normalized spacial score (nSPS) is 27.5. The van der Waals surface area contributed by atoms with Crippen molar-refractivity contribution in [2.45, 2.75) is 51.0 Å². The van der Waals surface area contributed by atoms with Crippen molar-refractivity contribution >= 4 is 29.0 Å². The van der Waals surface area contributed by atoms with Gasteiger partial charge in [0.05, 0.1) is 4.20 Å². The zero-order chi connectivity index (χ0) is 10.7. The highest BCUT2D eigenvalue weighted by molar-refractivity contribution is 8.11. The molecule has 1 unspecified atom stereocenters. The van der Waals surface area contributed by atoms with Crippen LogP contribution in [0.3, 0.4) is 0 Å². The van der Waals surface area contributed by atoms with Gasteiger partial charge in [0.25, 0.3) is 0 Å². The van der Waals surface area contributed by atoms with Crippen LogP contribution in [0.4, 0.5) is 0 Å². The summed E-state index contributed by atoms with van der Waals surface area (Å²) in [6, 6.07) is 0.688. The second-order valence-electron chi connectivity index (χ2n) is 4.61. The van der Waals surface area contributed by atoms with Gasteiger partial charge in [-0.2, -0.15) is 0 Å². The Kier molecular flexibility index (Phi) is 4.09. The van der Waals surface area contributed by atoms with E-state index in [1.54, 1.807) is 0 Å². The van der Waals surface area contributed by atoms with E-state index in [9.17, 15) is 0 Å². The molecule has 0 saturated heterocycles. The highest BCUT2D eigenvalue weighted by atomic mass is 32.1. The van der Waals surface area contributed by atoms with Crippen molar-refractivity contribution in [1.82, 2.24) is 5.32 Å². The number of thiocarbonyl (C=S) groups is 1. The molecule has 0 spiro atoms. The van der Waals surface area contributed by atoms with E-state index in [0.29, 0.717) is 12.0 Å². The molecule has 0 radical (unpaired) electrons. The fourth-order valence-corrected chi connectivity index (χ4v) is 3.11. The monoisotopic (exact) mass is 241 g/mol. The number of allylic oxidation sites excluding steroid dienone is 2. The van der Waals surface area contributed by atoms with Crippen molar-refractivity contribution in [3.8, 4) is 0 Å². The molecule has 84 valence electrons. The summed E-state index contributed by atoms with van der Waals surface area (Å²) < 4.78 is 0.849. The summed E-state index contributed by atoms with van der Waals surface area (Å²) in [5.74, 6) is 0.408. The second kappa shape index (κ2) is 5.35.